The second-order valence-corrected chi connectivity index (χ2v) is 7.78. The number of nitrogens with zero attached hydrogens (tertiary/aromatic N) is 2. The van der Waals surface area contributed by atoms with Crippen LogP contribution in [0, 0.1) is 6.92 Å². The van der Waals surface area contributed by atoms with Gasteiger partial charge in [-0.15, -0.1) is 0 Å². The van der Waals surface area contributed by atoms with Crippen molar-refractivity contribution in [2.75, 3.05) is 4.90 Å². The fraction of sp³-hybridized carbons (Fsp3) is 0.115. The fourth-order valence-electron chi connectivity index (χ4n) is 4.26. The van der Waals surface area contributed by atoms with Gasteiger partial charge >= 0.3 is 0 Å². The van der Waals surface area contributed by atoms with Crippen LogP contribution in [0.3, 0.4) is 0 Å². The summed E-state index contributed by atoms with van der Waals surface area (Å²) in [6, 6.07) is 22.8. The number of fused-ring (bicyclic) bond motifs is 1. The molecular weight excluding hydrogens is 388 g/mol. The molecule has 3 amide bonds. The Labute approximate surface area is 180 Å². The molecule has 0 N–H and O–H groups in total. The summed E-state index contributed by atoms with van der Waals surface area (Å²) in [5, 5.41) is 0. The van der Waals surface area contributed by atoms with Crippen LogP contribution >= 0.6 is 0 Å². The number of imide groups is 1. The minimum absolute atomic E-state index is 0.261. The maximum absolute atomic E-state index is 13.3. The Morgan fingerprint density at radius 1 is 0.742 bits per heavy atom. The quantitative estimate of drug-likeness (QED) is 0.483. The first-order chi connectivity index (χ1) is 15.1. The first-order valence-corrected chi connectivity index (χ1v) is 10.2. The Bertz CT molecular complexity index is 1200. The number of hydrogen-bond acceptors (Lipinski definition) is 3. The zero-order chi connectivity index (χ0) is 21.5. The Morgan fingerprint density at radius 2 is 1.39 bits per heavy atom. The molecule has 2 atom stereocenters. The fourth-order valence-corrected chi connectivity index (χ4v) is 4.26. The summed E-state index contributed by atoms with van der Waals surface area (Å²) >= 11 is 0. The van der Waals surface area contributed by atoms with Gasteiger partial charge in [0.25, 0.3) is 17.7 Å². The van der Waals surface area contributed by atoms with Gasteiger partial charge in [-0.3, -0.25) is 19.3 Å². The number of carbonyl (C=O) groups excluding carboxylic acids is 3. The maximum atomic E-state index is 13.3. The lowest BCUT2D eigenvalue weighted by molar-refractivity contribution is -0.128. The number of benzene rings is 3. The van der Waals surface area contributed by atoms with Gasteiger partial charge in [0.1, 0.15) is 6.04 Å². The average molecular weight is 408 g/mol. The molecule has 0 aromatic heterocycles. The van der Waals surface area contributed by atoms with Crippen LogP contribution in [0.5, 0.6) is 0 Å². The van der Waals surface area contributed by atoms with Gasteiger partial charge in [-0.2, -0.15) is 0 Å². The molecule has 5 heteroatoms. The van der Waals surface area contributed by atoms with Gasteiger partial charge < -0.3 is 4.90 Å². The van der Waals surface area contributed by atoms with E-state index in [1.165, 1.54) is 0 Å². The van der Waals surface area contributed by atoms with Crippen molar-refractivity contribution < 1.29 is 14.4 Å². The van der Waals surface area contributed by atoms with Crippen molar-refractivity contribution >= 4 is 29.5 Å². The Hall–Kier alpha value is -3.99. The van der Waals surface area contributed by atoms with Gasteiger partial charge in [0.15, 0.2) is 0 Å². The largest absolute Gasteiger partial charge is 0.301 e. The molecule has 5 rings (SSSR count). The molecule has 1 fully saturated rings. The highest BCUT2D eigenvalue weighted by Gasteiger charge is 2.55. The number of anilines is 1. The number of amides is 3. The normalized spacial score (nSPS) is 20.4. The molecule has 152 valence electrons. The van der Waals surface area contributed by atoms with E-state index in [-0.39, 0.29) is 5.91 Å². The molecule has 31 heavy (non-hydrogen) atoms. The molecule has 0 radical (unpaired) electrons. The summed E-state index contributed by atoms with van der Waals surface area (Å²) in [7, 11) is 0. The summed E-state index contributed by atoms with van der Waals surface area (Å²) in [5.41, 5.74) is 3.45. The molecule has 2 aliphatic heterocycles. The Kier molecular flexibility index (Phi) is 4.51. The maximum Gasteiger partial charge on any atom is 0.262 e. The lowest BCUT2D eigenvalue weighted by Gasteiger charge is -2.48. The first kappa shape index (κ1) is 19.0. The van der Waals surface area contributed by atoms with Crippen LogP contribution in [0.25, 0.3) is 6.08 Å². The van der Waals surface area contributed by atoms with E-state index < -0.39 is 23.9 Å². The van der Waals surface area contributed by atoms with Crippen LogP contribution in [0.2, 0.25) is 0 Å². The number of carbonyl (C=O) groups is 3. The van der Waals surface area contributed by atoms with Crippen LogP contribution in [0.15, 0.2) is 84.9 Å². The second-order valence-electron chi connectivity index (χ2n) is 7.78. The van der Waals surface area contributed by atoms with E-state index in [1.54, 1.807) is 29.2 Å². The molecule has 3 aromatic carbocycles. The van der Waals surface area contributed by atoms with Crippen molar-refractivity contribution in [2.24, 2.45) is 0 Å². The monoisotopic (exact) mass is 408 g/mol. The third-order valence-corrected chi connectivity index (χ3v) is 5.78. The third kappa shape index (κ3) is 3.06. The number of hydrogen-bond donors (Lipinski definition) is 0. The number of aryl methyl sites for hydroxylation is 1. The van der Waals surface area contributed by atoms with Crippen molar-refractivity contribution in [1.29, 1.82) is 0 Å². The summed E-state index contributed by atoms with van der Waals surface area (Å²) in [6.07, 6.45) is 3.82. The zero-order valence-corrected chi connectivity index (χ0v) is 16.9. The molecule has 3 aromatic rings. The van der Waals surface area contributed by atoms with E-state index in [0.717, 1.165) is 21.7 Å². The predicted octanol–water partition coefficient (Wildman–Crippen LogP) is 4.09. The van der Waals surface area contributed by atoms with Crippen LogP contribution in [-0.4, -0.2) is 34.7 Å². The van der Waals surface area contributed by atoms with E-state index in [1.807, 2.05) is 73.7 Å². The van der Waals surface area contributed by atoms with Gasteiger partial charge in [0.05, 0.1) is 17.2 Å². The van der Waals surface area contributed by atoms with Gasteiger partial charge in [-0.25, -0.2) is 0 Å². The summed E-state index contributed by atoms with van der Waals surface area (Å²) in [5.74, 6) is -1.09. The lowest BCUT2D eigenvalue weighted by atomic mass is 9.91. The van der Waals surface area contributed by atoms with Gasteiger partial charge in [0, 0.05) is 5.69 Å². The minimum Gasteiger partial charge on any atom is -0.301 e. The van der Waals surface area contributed by atoms with E-state index in [9.17, 15) is 14.4 Å². The van der Waals surface area contributed by atoms with E-state index >= 15 is 0 Å². The van der Waals surface area contributed by atoms with Crippen molar-refractivity contribution in [1.82, 2.24) is 4.90 Å². The molecular formula is C26H20N2O3. The van der Waals surface area contributed by atoms with Crippen LogP contribution in [0.4, 0.5) is 5.69 Å². The van der Waals surface area contributed by atoms with E-state index in [4.69, 9.17) is 0 Å². The highest BCUT2D eigenvalue weighted by atomic mass is 16.2. The smallest absolute Gasteiger partial charge is 0.262 e. The van der Waals surface area contributed by atoms with Gasteiger partial charge in [-0.05, 0) is 42.3 Å². The molecule has 0 aliphatic carbocycles. The Morgan fingerprint density at radius 3 is 2.03 bits per heavy atom. The van der Waals surface area contributed by atoms with E-state index in [0.29, 0.717) is 11.1 Å². The summed E-state index contributed by atoms with van der Waals surface area (Å²) < 4.78 is 0. The molecule has 0 unspecified atom stereocenters. The standard InChI is InChI=1S/C26H20N2O3/c1-17-8-7-11-19(16-17)27-22(15-14-18-9-3-2-4-10-18)23(26(27)31)28-24(29)20-12-5-6-13-21(20)25(28)30/h2-16,22-23H,1H3/b15-14+/t22-,23+/m1/s1. The van der Waals surface area contributed by atoms with Crippen molar-refractivity contribution in [3.63, 3.8) is 0 Å². The number of β-lactam (4-membered cyclic amide) rings is 1. The molecule has 0 saturated carbocycles. The lowest BCUT2D eigenvalue weighted by Crippen LogP contribution is -2.71. The molecule has 0 bridgehead atoms. The van der Waals surface area contributed by atoms with Crippen LogP contribution in [0.1, 0.15) is 31.8 Å². The Balaban J connectivity index is 1.53. The molecule has 2 aliphatic rings. The topological polar surface area (TPSA) is 57.7 Å². The summed E-state index contributed by atoms with van der Waals surface area (Å²) in [4.78, 5) is 42.1. The zero-order valence-electron chi connectivity index (χ0n) is 16.9. The van der Waals surface area contributed by atoms with Crippen molar-refractivity contribution in [3.05, 3.63) is 107 Å². The average Bonchev–Trinajstić information content (AvgIpc) is 3.03. The molecule has 1 saturated heterocycles. The highest BCUT2D eigenvalue weighted by Crippen LogP contribution is 2.37. The van der Waals surface area contributed by atoms with Gasteiger partial charge in [0.2, 0.25) is 0 Å². The van der Waals surface area contributed by atoms with E-state index in [2.05, 4.69) is 0 Å². The molecule has 0 spiro atoms. The van der Waals surface area contributed by atoms with Crippen LogP contribution < -0.4 is 4.90 Å². The molecule has 2 heterocycles. The van der Waals surface area contributed by atoms with Gasteiger partial charge in [-0.1, -0.05) is 66.7 Å². The SMILES string of the molecule is Cc1cccc(N2C(=O)[C@@H](N3C(=O)c4ccccc4C3=O)[C@H]2/C=C/c2ccccc2)c1. The first-order valence-electron chi connectivity index (χ1n) is 10.2. The third-order valence-electron chi connectivity index (χ3n) is 5.78. The summed E-state index contributed by atoms with van der Waals surface area (Å²) in [6.45, 7) is 1.96. The molecule has 5 nitrogen and oxygen atoms in total. The highest BCUT2D eigenvalue weighted by molar-refractivity contribution is 6.24. The second kappa shape index (κ2) is 7.36. The predicted molar refractivity (Wildman–Crippen MR) is 119 cm³/mol. The van der Waals surface area contributed by atoms with Crippen molar-refractivity contribution in [2.45, 2.75) is 19.0 Å². The minimum atomic E-state index is -0.868. The number of rotatable bonds is 4. The van der Waals surface area contributed by atoms with Crippen molar-refractivity contribution in [3.8, 4) is 0 Å². The van der Waals surface area contributed by atoms with Crippen LogP contribution in [-0.2, 0) is 4.79 Å².